The molecule has 5 rings (SSSR count). The van der Waals surface area contributed by atoms with Gasteiger partial charge in [0.2, 0.25) is 5.91 Å². The second kappa shape index (κ2) is 9.87. The molecule has 2 N–H and O–H groups in total. The second-order valence-electron chi connectivity index (χ2n) is 9.47. The highest BCUT2D eigenvalue weighted by Gasteiger charge is 2.44. The largest absolute Gasteiger partial charge is 0.368 e. The van der Waals surface area contributed by atoms with Gasteiger partial charge in [0.15, 0.2) is 0 Å². The molecule has 2 aromatic rings. The van der Waals surface area contributed by atoms with Crippen LogP contribution in [0.5, 0.6) is 0 Å². The summed E-state index contributed by atoms with van der Waals surface area (Å²) in [5.74, 6) is -0.125. The Kier molecular flexibility index (Phi) is 6.89. The smallest absolute Gasteiger partial charge is 0.238 e. The third-order valence-electron chi connectivity index (χ3n) is 7.55. The van der Waals surface area contributed by atoms with Gasteiger partial charge in [-0.15, -0.1) is 0 Å². The van der Waals surface area contributed by atoms with Crippen LogP contribution in [0.1, 0.15) is 38.5 Å². The van der Waals surface area contributed by atoms with Gasteiger partial charge >= 0.3 is 0 Å². The van der Waals surface area contributed by atoms with Gasteiger partial charge in [-0.3, -0.25) is 9.69 Å². The monoisotopic (exact) mass is 484 g/mol. The number of fused-ring (bicyclic) bond motifs is 2. The van der Waals surface area contributed by atoms with Crippen LogP contribution >= 0.6 is 23.4 Å². The zero-order valence-electron chi connectivity index (χ0n) is 19.1. The van der Waals surface area contributed by atoms with E-state index < -0.39 is 5.54 Å². The van der Waals surface area contributed by atoms with Gasteiger partial charge in [-0.25, -0.2) is 0 Å². The number of primary amides is 1. The maximum absolute atomic E-state index is 12.5. The number of piperidine rings is 2. The van der Waals surface area contributed by atoms with E-state index in [0.717, 1.165) is 63.6 Å². The molecule has 176 valence electrons. The molecule has 0 radical (unpaired) electrons. The Hall–Kier alpha value is -1.73. The molecule has 0 spiro atoms. The summed E-state index contributed by atoms with van der Waals surface area (Å²) in [5.41, 5.74) is 7.98. The number of carbonyl (C=O) groups excluding carboxylic acids is 1. The average molecular weight is 485 g/mol. The molecular formula is C26H33ClN4OS. The highest BCUT2D eigenvalue weighted by atomic mass is 35.5. The van der Waals surface area contributed by atoms with E-state index in [1.165, 1.54) is 40.4 Å². The van der Waals surface area contributed by atoms with Gasteiger partial charge in [0, 0.05) is 34.4 Å². The summed E-state index contributed by atoms with van der Waals surface area (Å²) in [6.07, 6.45) is 6.38. The first-order chi connectivity index (χ1) is 16.1. The molecule has 0 saturated carbocycles. The van der Waals surface area contributed by atoms with Crippen LogP contribution in [-0.4, -0.2) is 60.5 Å². The standard InChI is InChI=1S/C26H33ClN4OS/c27-20-9-10-24-22(19-20)31(21-7-2-3-8-23(21)33-24)16-6-13-29-17-11-26(12-18-29,25(28)32)30-14-4-1-5-15-30/h2-3,7-10,19H,1,4-6,11-18H2,(H2,28,32). The molecule has 3 heterocycles. The first-order valence-corrected chi connectivity index (χ1v) is 13.4. The number of hydrogen-bond acceptors (Lipinski definition) is 5. The van der Waals surface area contributed by atoms with Gasteiger partial charge in [-0.2, -0.15) is 0 Å². The van der Waals surface area contributed by atoms with Gasteiger partial charge in [-0.1, -0.05) is 41.9 Å². The molecule has 33 heavy (non-hydrogen) atoms. The van der Waals surface area contributed by atoms with Crippen LogP contribution in [0.25, 0.3) is 0 Å². The number of nitrogens with two attached hydrogens (primary N) is 1. The molecular weight excluding hydrogens is 452 g/mol. The number of benzene rings is 2. The molecule has 0 aromatic heterocycles. The molecule has 0 aliphatic carbocycles. The zero-order valence-corrected chi connectivity index (χ0v) is 20.7. The molecule has 0 bridgehead atoms. The van der Waals surface area contributed by atoms with Crippen molar-refractivity contribution >= 4 is 40.6 Å². The number of hydrogen-bond donors (Lipinski definition) is 1. The molecule has 7 heteroatoms. The highest BCUT2D eigenvalue weighted by molar-refractivity contribution is 7.99. The maximum atomic E-state index is 12.5. The van der Waals surface area contributed by atoms with Gasteiger partial charge in [0.1, 0.15) is 5.54 Å². The van der Waals surface area contributed by atoms with E-state index >= 15 is 0 Å². The third kappa shape index (κ3) is 4.63. The van der Waals surface area contributed by atoms with Crippen molar-refractivity contribution in [1.82, 2.24) is 9.80 Å². The van der Waals surface area contributed by atoms with Gasteiger partial charge in [0.05, 0.1) is 11.4 Å². The second-order valence-corrected chi connectivity index (χ2v) is 11.0. The number of likely N-dealkylation sites (tertiary alicyclic amines) is 2. The highest BCUT2D eigenvalue weighted by Crippen LogP contribution is 2.48. The number of amides is 1. The van der Waals surface area contributed by atoms with Crippen LogP contribution < -0.4 is 10.6 Å². The molecule has 1 amide bonds. The number of anilines is 2. The summed E-state index contributed by atoms with van der Waals surface area (Å²) in [7, 11) is 0. The van der Waals surface area contributed by atoms with E-state index in [2.05, 4.69) is 51.1 Å². The minimum absolute atomic E-state index is 0.125. The minimum Gasteiger partial charge on any atom is -0.368 e. The first-order valence-electron chi connectivity index (χ1n) is 12.2. The van der Waals surface area contributed by atoms with Crippen LogP contribution in [0.4, 0.5) is 11.4 Å². The summed E-state index contributed by atoms with van der Waals surface area (Å²) in [6, 6.07) is 14.8. The summed E-state index contributed by atoms with van der Waals surface area (Å²) in [4.78, 5) is 22.4. The third-order valence-corrected chi connectivity index (χ3v) is 8.91. The zero-order chi connectivity index (χ0) is 22.8. The predicted octanol–water partition coefficient (Wildman–Crippen LogP) is 5.14. The van der Waals surface area contributed by atoms with E-state index in [-0.39, 0.29) is 5.91 Å². The lowest BCUT2D eigenvalue weighted by Crippen LogP contribution is -2.63. The van der Waals surface area contributed by atoms with E-state index in [4.69, 9.17) is 17.3 Å². The van der Waals surface area contributed by atoms with E-state index in [1.807, 2.05) is 17.8 Å². The Balaban J connectivity index is 1.22. The fourth-order valence-electron chi connectivity index (χ4n) is 5.68. The van der Waals surface area contributed by atoms with Crippen molar-refractivity contribution in [2.75, 3.05) is 44.2 Å². The minimum atomic E-state index is -0.435. The average Bonchev–Trinajstić information content (AvgIpc) is 2.85. The van der Waals surface area contributed by atoms with Crippen molar-refractivity contribution in [2.45, 2.75) is 53.9 Å². The lowest BCUT2D eigenvalue weighted by molar-refractivity contribution is -0.134. The Morgan fingerprint density at radius 3 is 2.42 bits per heavy atom. The van der Waals surface area contributed by atoms with Gasteiger partial charge in [0.25, 0.3) is 0 Å². The SMILES string of the molecule is NC(=O)C1(N2CCCCC2)CCN(CCCN2c3ccccc3Sc3ccc(Cl)cc32)CC1. The number of rotatable bonds is 6. The molecule has 0 atom stereocenters. The van der Waals surface area contributed by atoms with E-state index in [9.17, 15) is 4.79 Å². The van der Waals surface area contributed by atoms with Crippen LogP contribution in [0.15, 0.2) is 52.3 Å². The van der Waals surface area contributed by atoms with Crippen molar-refractivity contribution in [3.63, 3.8) is 0 Å². The molecule has 5 nitrogen and oxygen atoms in total. The lowest BCUT2D eigenvalue weighted by Gasteiger charge is -2.48. The van der Waals surface area contributed by atoms with Crippen LogP contribution in [0.2, 0.25) is 5.02 Å². The fourth-order valence-corrected chi connectivity index (χ4v) is 6.93. The van der Waals surface area contributed by atoms with Crippen LogP contribution in [-0.2, 0) is 4.79 Å². The number of carbonyl (C=O) groups is 1. The molecule has 3 aliphatic rings. The van der Waals surface area contributed by atoms with Gasteiger partial charge in [-0.05, 0) is 82.1 Å². The fraction of sp³-hybridized carbons (Fsp3) is 0.500. The topological polar surface area (TPSA) is 52.8 Å². The Morgan fingerprint density at radius 2 is 1.67 bits per heavy atom. The Bertz CT molecular complexity index is 1000. The van der Waals surface area contributed by atoms with Crippen LogP contribution in [0, 0.1) is 0 Å². The van der Waals surface area contributed by atoms with Crippen molar-refractivity contribution in [1.29, 1.82) is 0 Å². The van der Waals surface area contributed by atoms with Crippen LogP contribution in [0.3, 0.4) is 0 Å². The number of nitrogens with zero attached hydrogens (tertiary/aromatic N) is 3. The maximum Gasteiger partial charge on any atom is 0.238 e. The molecule has 0 unspecified atom stereocenters. The first kappa shape index (κ1) is 23.0. The summed E-state index contributed by atoms with van der Waals surface area (Å²) in [5, 5.41) is 0.773. The summed E-state index contributed by atoms with van der Waals surface area (Å²) < 4.78 is 0. The normalized spacial score (nSPS) is 20.8. The molecule has 2 saturated heterocycles. The molecule has 2 aromatic carbocycles. The quantitative estimate of drug-likeness (QED) is 0.615. The summed E-state index contributed by atoms with van der Waals surface area (Å²) in [6.45, 7) is 5.86. The number of para-hydroxylation sites is 1. The Labute approximate surface area is 206 Å². The van der Waals surface area contributed by atoms with Crippen molar-refractivity contribution in [3.8, 4) is 0 Å². The van der Waals surface area contributed by atoms with Gasteiger partial charge < -0.3 is 15.5 Å². The Morgan fingerprint density at radius 1 is 0.939 bits per heavy atom. The summed E-state index contributed by atoms with van der Waals surface area (Å²) >= 11 is 8.17. The van der Waals surface area contributed by atoms with Crippen molar-refractivity contribution in [3.05, 3.63) is 47.5 Å². The lowest BCUT2D eigenvalue weighted by atomic mass is 9.83. The number of halogens is 1. The molecule has 3 aliphatic heterocycles. The van der Waals surface area contributed by atoms with Crippen molar-refractivity contribution in [2.24, 2.45) is 5.73 Å². The van der Waals surface area contributed by atoms with Crippen molar-refractivity contribution < 1.29 is 4.79 Å². The van der Waals surface area contributed by atoms with E-state index in [0.29, 0.717) is 0 Å². The van der Waals surface area contributed by atoms with E-state index in [1.54, 1.807) is 0 Å². The predicted molar refractivity (Wildman–Crippen MR) is 137 cm³/mol. The molecule has 2 fully saturated rings.